The minimum absolute atomic E-state index is 0.487. The minimum atomic E-state index is 0.487. The SMILES string of the molecule is CN=C(NCCCN1CCN(C)CC1c1ccccc1)NCc1cccs1. The van der Waals surface area contributed by atoms with E-state index in [4.69, 9.17) is 0 Å². The van der Waals surface area contributed by atoms with E-state index >= 15 is 0 Å². The van der Waals surface area contributed by atoms with Crippen molar-refractivity contribution >= 4 is 17.3 Å². The Labute approximate surface area is 167 Å². The fourth-order valence-electron chi connectivity index (χ4n) is 3.51. The van der Waals surface area contributed by atoms with Crippen LogP contribution in [0.3, 0.4) is 0 Å². The number of thiophene rings is 1. The molecule has 1 atom stereocenters. The quantitative estimate of drug-likeness (QED) is 0.437. The summed E-state index contributed by atoms with van der Waals surface area (Å²) < 4.78 is 0. The molecule has 1 unspecified atom stereocenters. The van der Waals surface area contributed by atoms with Gasteiger partial charge in [-0.2, -0.15) is 0 Å². The van der Waals surface area contributed by atoms with Gasteiger partial charge in [-0.25, -0.2) is 0 Å². The van der Waals surface area contributed by atoms with Crippen LogP contribution >= 0.6 is 11.3 Å². The molecule has 27 heavy (non-hydrogen) atoms. The van der Waals surface area contributed by atoms with E-state index in [2.05, 4.69) is 80.3 Å². The van der Waals surface area contributed by atoms with Crippen molar-refractivity contribution in [2.75, 3.05) is 46.8 Å². The summed E-state index contributed by atoms with van der Waals surface area (Å²) in [5, 5.41) is 8.92. The Hall–Kier alpha value is -1.89. The summed E-state index contributed by atoms with van der Waals surface area (Å²) in [5.74, 6) is 0.876. The van der Waals surface area contributed by atoms with Gasteiger partial charge >= 0.3 is 0 Å². The molecule has 5 nitrogen and oxygen atoms in total. The first-order valence-corrected chi connectivity index (χ1v) is 10.6. The highest BCUT2D eigenvalue weighted by molar-refractivity contribution is 7.09. The maximum absolute atomic E-state index is 4.32. The van der Waals surface area contributed by atoms with Crippen LogP contribution in [0.1, 0.15) is 22.9 Å². The third-order valence-electron chi connectivity index (χ3n) is 5.03. The Morgan fingerprint density at radius 3 is 2.74 bits per heavy atom. The number of rotatable bonds is 7. The molecular formula is C21H31N5S. The molecule has 3 rings (SSSR count). The van der Waals surface area contributed by atoms with Crippen LogP contribution in [-0.2, 0) is 6.54 Å². The van der Waals surface area contributed by atoms with E-state index in [0.29, 0.717) is 6.04 Å². The van der Waals surface area contributed by atoms with Crippen LogP contribution in [0, 0.1) is 0 Å². The van der Waals surface area contributed by atoms with Gasteiger partial charge in [0.25, 0.3) is 0 Å². The summed E-state index contributed by atoms with van der Waals surface area (Å²) in [7, 11) is 4.05. The van der Waals surface area contributed by atoms with Gasteiger partial charge in [-0.1, -0.05) is 36.4 Å². The molecule has 0 bridgehead atoms. The van der Waals surface area contributed by atoms with Crippen LogP contribution in [0.4, 0.5) is 0 Å². The molecule has 1 aromatic carbocycles. The molecule has 0 saturated carbocycles. The highest BCUT2D eigenvalue weighted by Crippen LogP contribution is 2.24. The highest BCUT2D eigenvalue weighted by Gasteiger charge is 2.25. The minimum Gasteiger partial charge on any atom is -0.356 e. The van der Waals surface area contributed by atoms with Crippen LogP contribution in [0.5, 0.6) is 0 Å². The van der Waals surface area contributed by atoms with Crippen LogP contribution in [-0.4, -0.2) is 62.6 Å². The van der Waals surface area contributed by atoms with E-state index in [1.54, 1.807) is 11.3 Å². The number of hydrogen-bond acceptors (Lipinski definition) is 4. The number of guanidine groups is 1. The van der Waals surface area contributed by atoms with Crippen molar-refractivity contribution in [1.82, 2.24) is 20.4 Å². The number of nitrogens with zero attached hydrogens (tertiary/aromatic N) is 3. The van der Waals surface area contributed by atoms with Gasteiger partial charge in [0, 0.05) is 50.7 Å². The van der Waals surface area contributed by atoms with E-state index in [1.165, 1.54) is 10.4 Å². The monoisotopic (exact) mass is 385 g/mol. The summed E-state index contributed by atoms with van der Waals surface area (Å²) in [6.45, 7) is 6.22. The second kappa shape index (κ2) is 10.4. The normalized spacial score (nSPS) is 19.2. The molecule has 1 aromatic heterocycles. The molecule has 2 aromatic rings. The van der Waals surface area contributed by atoms with Crippen LogP contribution < -0.4 is 10.6 Å². The zero-order valence-electron chi connectivity index (χ0n) is 16.4. The Bertz CT molecular complexity index is 686. The Morgan fingerprint density at radius 2 is 2.00 bits per heavy atom. The van der Waals surface area contributed by atoms with Crippen molar-refractivity contribution in [2.24, 2.45) is 4.99 Å². The van der Waals surface area contributed by atoms with E-state index in [-0.39, 0.29) is 0 Å². The van der Waals surface area contributed by atoms with Crippen molar-refractivity contribution < 1.29 is 0 Å². The lowest BCUT2D eigenvalue weighted by molar-refractivity contribution is 0.0891. The summed E-state index contributed by atoms with van der Waals surface area (Å²) in [4.78, 5) is 10.7. The number of likely N-dealkylation sites (N-methyl/N-ethyl adjacent to an activating group) is 1. The molecular weight excluding hydrogens is 354 g/mol. The summed E-state index contributed by atoms with van der Waals surface area (Å²) >= 11 is 1.76. The van der Waals surface area contributed by atoms with Gasteiger partial charge in [0.15, 0.2) is 5.96 Å². The lowest BCUT2D eigenvalue weighted by Gasteiger charge is -2.40. The number of nitrogens with one attached hydrogen (secondary N) is 2. The molecule has 0 aliphatic carbocycles. The molecule has 0 radical (unpaired) electrons. The topological polar surface area (TPSA) is 42.9 Å². The largest absolute Gasteiger partial charge is 0.356 e. The van der Waals surface area contributed by atoms with Gasteiger partial charge in [-0.05, 0) is 30.5 Å². The maximum Gasteiger partial charge on any atom is 0.191 e. The first-order valence-electron chi connectivity index (χ1n) is 9.70. The summed E-state index contributed by atoms with van der Waals surface area (Å²) in [5.41, 5.74) is 1.42. The Kier molecular flexibility index (Phi) is 7.68. The lowest BCUT2D eigenvalue weighted by Crippen LogP contribution is -2.47. The van der Waals surface area contributed by atoms with Crippen LogP contribution in [0.2, 0.25) is 0 Å². The molecule has 2 heterocycles. The van der Waals surface area contributed by atoms with Gasteiger partial charge in [-0.15, -0.1) is 11.3 Å². The lowest BCUT2D eigenvalue weighted by atomic mass is 10.0. The Balaban J connectivity index is 1.44. The van der Waals surface area contributed by atoms with Crippen molar-refractivity contribution in [2.45, 2.75) is 19.0 Å². The van der Waals surface area contributed by atoms with Gasteiger partial charge in [-0.3, -0.25) is 9.89 Å². The molecule has 1 aliphatic rings. The molecule has 0 spiro atoms. The first kappa shape index (κ1) is 19.9. The van der Waals surface area contributed by atoms with Crippen molar-refractivity contribution in [3.63, 3.8) is 0 Å². The third kappa shape index (κ3) is 6.06. The zero-order valence-corrected chi connectivity index (χ0v) is 17.2. The van der Waals surface area contributed by atoms with Crippen molar-refractivity contribution in [3.8, 4) is 0 Å². The van der Waals surface area contributed by atoms with Crippen molar-refractivity contribution in [1.29, 1.82) is 0 Å². The maximum atomic E-state index is 4.32. The van der Waals surface area contributed by atoms with Gasteiger partial charge < -0.3 is 15.5 Å². The van der Waals surface area contributed by atoms with Crippen LogP contribution in [0.15, 0.2) is 52.8 Å². The average molecular weight is 386 g/mol. The van der Waals surface area contributed by atoms with E-state index in [1.807, 2.05) is 7.05 Å². The van der Waals surface area contributed by atoms with E-state index in [0.717, 1.165) is 51.6 Å². The van der Waals surface area contributed by atoms with Crippen LogP contribution in [0.25, 0.3) is 0 Å². The standard InChI is InChI=1S/C21H31N5S/c1-22-21(24-16-19-10-6-15-27-19)23-11-7-12-26-14-13-25(2)17-20(26)18-8-4-3-5-9-18/h3-6,8-10,15,20H,7,11-14,16-17H2,1-2H3,(H2,22,23,24). The number of aliphatic imine (C=N–C) groups is 1. The molecule has 1 aliphatic heterocycles. The third-order valence-corrected chi connectivity index (χ3v) is 5.90. The van der Waals surface area contributed by atoms with Gasteiger partial charge in [0.2, 0.25) is 0 Å². The predicted octanol–water partition coefficient (Wildman–Crippen LogP) is 2.79. The second-order valence-electron chi connectivity index (χ2n) is 7.01. The summed E-state index contributed by atoms with van der Waals surface area (Å²) in [6.07, 6.45) is 1.10. The molecule has 1 saturated heterocycles. The van der Waals surface area contributed by atoms with E-state index < -0.39 is 0 Å². The fourth-order valence-corrected chi connectivity index (χ4v) is 4.15. The smallest absolute Gasteiger partial charge is 0.191 e. The summed E-state index contributed by atoms with van der Waals surface area (Å²) in [6, 6.07) is 15.6. The molecule has 2 N–H and O–H groups in total. The molecule has 1 fully saturated rings. The van der Waals surface area contributed by atoms with Gasteiger partial charge in [0.05, 0.1) is 6.54 Å². The first-order chi connectivity index (χ1) is 13.3. The Morgan fingerprint density at radius 1 is 1.15 bits per heavy atom. The molecule has 0 amide bonds. The fraction of sp³-hybridized carbons (Fsp3) is 0.476. The number of hydrogen-bond donors (Lipinski definition) is 2. The van der Waals surface area contributed by atoms with Crippen molar-refractivity contribution in [3.05, 3.63) is 58.3 Å². The number of benzene rings is 1. The van der Waals surface area contributed by atoms with Gasteiger partial charge in [0.1, 0.15) is 0 Å². The molecule has 6 heteroatoms. The average Bonchev–Trinajstić information content (AvgIpc) is 3.22. The van der Waals surface area contributed by atoms with E-state index in [9.17, 15) is 0 Å². The second-order valence-corrected chi connectivity index (χ2v) is 8.04. The predicted molar refractivity (Wildman–Crippen MR) is 115 cm³/mol. The number of piperazine rings is 1. The molecule has 146 valence electrons. The highest BCUT2D eigenvalue weighted by atomic mass is 32.1. The zero-order chi connectivity index (χ0) is 18.9.